The molecule has 0 heterocycles. The van der Waals surface area contributed by atoms with E-state index in [0.29, 0.717) is 17.5 Å². The largest absolute Gasteiger partial charge is 0.508 e. The van der Waals surface area contributed by atoms with E-state index in [-0.39, 0.29) is 29.4 Å². The van der Waals surface area contributed by atoms with Gasteiger partial charge in [0.05, 0.1) is 6.42 Å². The van der Waals surface area contributed by atoms with Crippen LogP contribution in [0.3, 0.4) is 0 Å². The molecule has 130 valence electrons. The quantitative estimate of drug-likeness (QED) is 0.549. The topological polar surface area (TPSA) is 124 Å². The highest BCUT2D eigenvalue weighted by molar-refractivity contribution is 5.76. The molecule has 1 amide bonds. The highest BCUT2D eigenvalue weighted by atomic mass is 16.3. The number of carbonyl (C=O) groups is 1. The molecule has 2 aromatic carbocycles. The molecule has 0 aliphatic rings. The Labute approximate surface area is 140 Å². The lowest BCUT2D eigenvalue weighted by molar-refractivity contribution is -0.117. The molecule has 0 saturated carbocycles. The van der Waals surface area contributed by atoms with Crippen LogP contribution in [0.15, 0.2) is 30.3 Å². The molecule has 0 unspecified atom stereocenters. The lowest BCUT2D eigenvalue weighted by Crippen LogP contribution is -2.13. The van der Waals surface area contributed by atoms with Gasteiger partial charge in [-0.25, -0.2) is 0 Å². The second-order valence-corrected chi connectivity index (χ2v) is 5.24. The number of phenols is 4. The van der Waals surface area contributed by atoms with Gasteiger partial charge in [-0.05, 0) is 42.2 Å². The second-order valence-electron chi connectivity index (χ2n) is 5.24. The van der Waals surface area contributed by atoms with Crippen LogP contribution in [0.1, 0.15) is 30.5 Å². The normalized spacial score (nSPS) is 9.92. The Bertz CT molecular complexity index is 713. The Balaban J connectivity index is 0.000000240. The first-order valence-corrected chi connectivity index (χ1v) is 7.61. The SMILES string of the molecule is CCc1ccc(O)c(CC)c1O.NC(=O)Cc1ccc(O)c(O)c1. The molecule has 24 heavy (non-hydrogen) atoms. The summed E-state index contributed by atoms with van der Waals surface area (Å²) in [6, 6.07) is 7.54. The van der Waals surface area contributed by atoms with Crippen LogP contribution in [-0.2, 0) is 24.1 Å². The first-order valence-electron chi connectivity index (χ1n) is 7.61. The first-order chi connectivity index (χ1) is 11.3. The van der Waals surface area contributed by atoms with Crippen LogP contribution in [0, 0.1) is 0 Å². The van der Waals surface area contributed by atoms with Crippen molar-refractivity contribution in [1.82, 2.24) is 0 Å². The van der Waals surface area contributed by atoms with Crippen LogP contribution in [0.5, 0.6) is 23.0 Å². The monoisotopic (exact) mass is 333 g/mol. The van der Waals surface area contributed by atoms with Crippen molar-refractivity contribution in [3.63, 3.8) is 0 Å². The zero-order valence-corrected chi connectivity index (χ0v) is 13.8. The summed E-state index contributed by atoms with van der Waals surface area (Å²) in [6.45, 7) is 3.89. The smallest absolute Gasteiger partial charge is 0.221 e. The molecule has 0 aromatic heterocycles. The van der Waals surface area contributed by atoms with Crippen LogP contribution in [-0.4, -0.2) is 26.3 Å². The predicted octanol–water partition coefficient (Wildman–Crippen LogP) is 2.35. The van der Waals surface area contributed by atoms with Crippen molar-refractivity contribution in [2.45, 2.75) is 33.1 Å². The minimum atomic E-state index is -0.472. The number of primary amides is 1. The van der Waals surface area contributed by atoms with Gasteiger partial charge < -0.3 is 26.2 Å². The minimum absolute atomic E-state index is 0.0633. The molecule has 0 radical (unpaired) electrons. The molecule has 0 aliphatic heterocycles. The van der Waals surface area contributed by atoms with Crippen molar-refractivity contribution in [3.05, 3.63) is 47.0 Å². The summed E-state index contributed by atoms with van der Waals surface area (Å²) in [6.07, 6.45) is 1.51. The number of aromatic hydroxyl groups is 4. The number of aryl methyl sites for hydroxylation is 1. The fourth-order valence-electron chi connectivity index (χ4n) is 2.19. The third kappa shape index (κ3) is 5.08. The molecular weight excluding hydrogens is 310 g/mol. The van der Waals surface area contributed by atoms with Gasteiger partial charge in [0.15, 0.2) is 11.5 Å². The van der Waals surface area contributed by atoms with Gasteiger partial charge in [0.25, 0.3) is 0 Å². The standard InChI is InChI=1S/C10H14O2.C8H9NO3/c1-3-7-5-6-9(11)8(4-2)10(7)12;9-8(12)4-5-1-2-6(10)7(11)3-5/h5-6,11-12H,3-4H2,1-2H3;1-3,10-11H,4H2,(H2,9,12). The van der Waals surface area contributed by atoms with E-state index in [4.69, 9.17) is 15.9 Å². The van der Waals surface area contributed by atoms with Gasteiger partial charge >= 0.3 is 0 Å². The first kappa shape index (κ1) is 19.2. The van der Waals surface area contributed by atoms with Gasteiger partial charge in [0.1, 0.15) is 11.5 Å². The molecule has 0 atom stereocenters. The zero-order valence-electron chi connectivity index (χ0n) is 13.8. The number of benzene rings is 2. The predicted molar refractivity (Wildman–Crippen MR) is 91.2 cm³/mol. The number of hydrogen-bond acceptors (Lipinski definition) is 5. The van der Waals surface area contributed by atoms with Crippen LogP contribution in [0.2, 0.25) is 0 Å². The summed E-state index contributed by atoms with van der Waals surface area (Å²) >= 11 is 0. The molecule has 2 aromatic rings. The lowest BCUT2D eigenvalue weighted by Gasteiger charge is -2.08. The Morgan fingerprint density at radius 3 is 2.04 bits per heavy atom. The number of hydrogen-bond donors (Lipinski definition) is 5. The van der Waals surface area contributed by atoms with Crippen LogP contribution < -0.4 is 5.73 Å². The van der Waals surface area contributed by atoms with Crippen molar-refractivity contribution in [3.8, 4) is 23.0 Å². The zero-order chi connectivity index (χ0) is 18.3. The van der Waals surface area contributed by atoms with Gasteiger partial charge in [-0.3, -0.25) is 4.79 Å². The second kappa shape index (κ2) is 8.67. The number of amides is 1. The maximum Gasteiger partial charge on any atom is 0.221 e. The molecule has 0 fully saturated rings. The van der Waals surface area contributed by atoms with E-state index in [0.717, 1.165) is 12.0 Å². The number of nitrogens with two attached hydrogens (primary N) is 1. The van der Waals surface area contributed by atoms with Gasteiger partial charge in [0.2, 0.25) is 5.91 Å². The minimum Gasteiger partial charge on any atom is -0.508 e. The van der Waals surface area contributed by atoms with Crippen molar-refractivity contribution >= 4 is 5.91 Å². The highest BCUT2D eigenvalue weighted by Gasteiger charge is 2.08. The maximum atomic E-state index is 10.4. The molecule has 6 nitrogen and oxygen atoms in total. The van der Waals surface area contributed by atoms with E-state index in [1.807, 2.05) is 13.8 Å². The van der Waals surface area contributed by atoms with Crippen molar-refractivity contribution in [1.29, 1.82) is 0 Å². The van der Waals surface area contributed by atoms with Crippen LogP contribution in [0.4, 0.5) is 0 Å². The number of phenolic OH excluding ortho intramolecular Hbond substituents is 4. The van der Waals surface area contributed by atoms with Gasteiger partial charge in [-0.15, -0.1) is 0 Å². The van der Waals surface area contributed by atoms with Crippen molar-refractivity contribution in [2.75, 3.05) is 0 Å². The summed E-state index contributed by atoms with van der Waals surface area (Å²) in [4.78, 5) is 10.4. The Morgan fingerprint density at radius 1 is 0.917 bits per heavy atom. The Morgan fingerprint density at radius 2 is 1.54 bits per heavy atom. The molecule has 0 spiro atoms. The van der Waals surface area contributed by atoms with E-state index in [2.05, 4.69) is 0 Å². The fraction of sp³-hybridized carbons (Fsp3) is 0.278. The molecule has 0 aliphatic carbocycles. The van der Waals surface area contributed by atoms with Gasteiger partial charge in [0, 0.05) is 5.56 Å². The number of carbonyl (C=O) groups excluding carboxylic acids is 1. The van der Waals surface area contributed by atoms with Crippen molar-refractivity contribution in [2.24, 2.45) is 5.73 Å². The summed E-state index contributed by atoms with van der Waals surface area (Å²) in [5, 5.41) is 36.9. The molecule has 6 N–H and O–H groups in total. The Kier molecular flexibility index (Phi) is 6.92. The van der Waals surface area contributed by atoms with E-state index in [1.165, 1.54) is 18.2 Å². The van der Waals surface area contributed by atoms with E-state index in [1.54, 1.807) is 12.1 Å². The van der Waals surface area contributed by atoms with Gasteiger partial charge in [-0.1, -0.05) is 26.0 Å². The Hall–Kier alpha value is -2.89. The summed E-state index contributed by atoms with van der Waals surface area (Å²) in [5.74, 6) is -0.482. The van der Waals surface area contributed by atoms with E-state index < -0.39 is 5.91 Å². The average Bonchev–Trinajstić information content (AvgIpc) is 2.52. The summed E-state index contributed by atoms with van der Waals surface area (Å²) in [5.41, 5.74) is 7.05. The summed E-state index contributed by atoms with van der Waals surface area (Å²) in [7, 11) is 0. The van der Waals surface area contributed by atoms with E-state index >= 15 is 0 Å². The molecule has 6 heteroatoms. The third-order valence-electron chi connectivity index (χ3n) is 3.49. The molecule has 0 bridgehead atoms. The number of rotatable bonds is 4. The van der Waals surface area contributed by atoms with Crippen LogP contribution >= 0.6 is 0 Å². The van der Waals surface area contributed by atoms with Crippen molar-refractivity contribution < 1.29 is 25.2 Å². The fourth-order valence-corrected chi connectivity index (χ4v) is 2.19. The third-order valence-corrected chi connectivity index (χ3v) is 3.49. The maximum absolute atomic E-state index is 10.4. The molecule has 2 rings (SSSR count). The summed E-state index contributed by atoms with van der Waals surface area (Å²) < 4.78 is 0. The highest BCUT2D eigenvalue weighted by Crippen LogP contribution is 2.30. The lowest BCUT2D eigenvalue weighted by atomic mass is 10.0. The molecular formula is C18H23NO5. The van der Waals surface area contributed by atoms with E-state index in [9.17, 15) is 15.0 Å². The molecule has 0 saturated heterocycles. The average molecular weight is 333 g/mol. The van der Waals surface area contributed by atoms with Crippen LogP contribution in [0.25, 0.3) is 0 Å². The van der Waals surface area contributed by atoms with Gasteiger partial charge in [-0.2, -0.15) is 0 Å².